The zero-order chi connectivity index (χ0) is 12.7. The molecular formula is C13H9F2N3. The van der Waals surface area contributed by atoms with Crippen LogP contribution in [0.5, 0.6) is 0 Å². The largest absolute Gasteiger partial charge is 0.240 e. The molecule has 0 unspecified atom stereocenters. The minimum Gasteiger partial charge on any atom is -0.240 e. The second kappa shape index (κ2) is 3.87. The van der Waals surface area contributed by atoms with Crippen molar-refractivity contribution in [3.63, 3.8) is 0 Å². The first-order chi connectivity index (χ1) is 8.63. The standard InChI is InChI=1S/C13H9F2N3/c1-8-6-16-18-7-9(2-3-11(8)18)10-4-12(14)17-13(15)5-10/h2-7H,1H3. The van der Waals surface area contributed by atoms with Gasteiger partial charge in [0, 0.05) is 23.9 Å². The fourth-order valence-corrected chi connectivity index (χ4v) is 1.91. The summed E-state index contributed by atoms with van der Waals surface area (Å²) in [5.74, 6) is -1.66. The SMILES string of the molecule is Cc1cnn2cc(-c3cc(F)nc(F)c3)ccc12. The van der Waals surface area contributed by atoms with Crippen LogP contribution in [0.4, 0.5) is 8.78 Å². The van der Waals surface area contributed by atoms with Crippen LogP contribution in [0.1, 0.15) is 5.56 Å². The van der Waals surface area contributed by atoms with Crippen LogP contribution in [0.2, 0.25) is 0 Å². The van der Waals surface area contributed by atoms with Gasteiger partial charge in [0.1, 0.15) is 0 Å². The molecule has 0 spiro atoms. The number of hydrogen-bond donors (Lipinski definition) is 0. The van der Waals surface area contributed by atoms with E-state index in [9.17, 15) is 8.78 Å². The summed E-state index contributed by atoms with van der Waals surface area (Å²) in [7, 11) is 0. The molecule has 0 aliphatic carbocycles. The van der Waals surface area contributed by atoms with Gasteiger partial charge in [-0.3, -0.25) is 0 Å². The predicted molar refractivity (Wildman–Crippen MR) is 63.1 cm³/mol. The van der Waals surface area contributed by atoms with Crippen LogP contribution in [-0.4, -0.2) is 14.6 Å². The van der Waals surface area contributed by atoms with Gasteiger partial charge in [-0.15, -0.1) is 0 Å². The Bertz CT molecular complexity index is 714. The maximum atomic E-state index is 13.1. The number of aryl methyl sites for hydroxylation is 1. The Morgan fingerprint density at radius 2 is 1.78 bits per heavy atom. The quantitative estimate of drug-likeness (QED) is 0.617. The van der Waals surface area contributed by atoms with Crippen molar-refractivity contribution in [1.29, 1.82) is 0 Å². The van der Waals surface area contributed by atoms with Crippen LogP contribution < -0.4 is 0 Å². The molecule has 0 aromatic carbocycles. The van der Waals surface area contributed by atoms with Gasteiger partial charge in [0.15, 0.2) is 0 Å². The molecule has 0 N–H and O–H groups in total. The summed E-state index contributed by atoms with van der Waals surface area (Å²) in [4.78, 5) is 3.07. The second-order valence-corrected chi connectivity index (χ2v) is 4.08. The Morgan fingerprint density at radius 1 is 1.06 bits per heavy atom. The third kappa shape index (κ3) is 1.73. The van der Waals surface area contributed by atoms with Crippen LogP contribution in [0.15, 0.2) is 36.7 Å². The van der Waals surface area contributed by atoms with Crippen molar-refractivity contribution in [1.82, 2.24) is 14.6 Å². The first kappa shape index (κ1) is 10.8. The van der Waals surface area contributed by atoms with Crippen molar-refractivity contribution >= 4 is 5.52 Å². The Hall–Kier alpha value is -2.30. The smallest absolute Gasteiger partial charge is 0.216 e. The van der Waals surface area contributed by atoms with E-state index in [1.807, 2.05) is 13.0 Å². The van der Waals surface area contributed by atoms with Crippen molar-refractivity contribution in [2.75, 3.05) is 0 Å². The van der Waals surface area contributed by atoms with Gasteiger partial charge in [0.2, 0.25) is 11.9 Å². The maximum absolute atomic E-state index is 13.1. The zero-order valence-corrected chi connectivity index (χ0v) is 9.56. The van der Waals surface area contributed by atoms with E-state index in [-0.39, 0.29) is 0 Å². The molecule has 0 aliphatic rings. The molecule has 18 heavy (non-hydrogen) atoms. The lowest BCUT2D eigenvalue weighted by atomic mass is 10.1. The van der Waals surface area contributed by atoms with Crippen molar-refractivity contribution in [3.8, 4) is 11.1 Å². The van der Waals surface area contributed by atoms with Crippen LogP contribution in [0, 0.1) is 18.8 Å². The van der Waals surface area contributed by atoms with Crippen molar-refractivity contribution in [3.05, 3.63) is 54.1 Å². The van der Waals surface area contributed by atoms with Gasteiger partial charge in [-0.05, 0) is 24.1 Å². The molecule has 0 fully saturated rings. The summed E-state index contributed by atoms with van der Waals surface area (Å²) in [5, 5.41) is 4.16. The van der Waals surface area contributed by atoms with Crippen molar-refractivity contribution in [2.24, 2.45) is 0 Å². The minimum atomic E-state index is -0.832. The van der Waals surface area contributed by atoms with Gasteiger partial charge < -0.3 is 0 Å². The second-order valence-electron chi connectivity index (χ2n) is 4.08. The Morgan fingerprint density at radius 3 is 2.50 bits per heavy atom. The van der Waals surface area contributed by atoms with E-state index in [1.54, 1.807) is 23.0 Å². The van der Waals surface area contributed by atoms with E-state index in [4.69, 9.17) is 0 Å². The zero-order valence-electron chi connectivity index (χ0n) is 9.56. The highest BCUT2D eigenvalue weighted by molar-refractivity contribution is 5.66. The van der Waals surface area contributed by atoms with Gasteiger partial charge in [-0.25, -0.2) is 4.52 Å². The van der Waals surface area contributed by atoms with Gasteiger partial charge in [-0.2, -0.15) is 18.9 Å². The number of pyridine rings is 2. The van der Waals surface area contributed by atoms with E-state index in [0.717, 1.165) is 11.1 Å². The summed E-state index contributed by atoms with van der Waals surface area (Å²) in [5.41, 5.74) is 3.14. The number of fused-ring (bicyclic) bond motifs is 1. The van der Waals surface area contributed by atoms with Crippen LogP contribution in [0.25, 0.3) is 16.6 Å². The van der Waals surface area contributed by atoms with Crippen molar-refractivity contribution in [2.45, 2.75) is 6.92 Å². The molecule has 0 bridgehead atoms. The third-order valence-electron chi connectivity index (χ3n) is 2.80. The minimum absolute atomic E-state index is 0.440. The van der Waals surface area contributed by atoms with E-state index in [0.29, 0.717) is 11.1 Å². The molecule has 0 atom stereocenters. The number of aromatic nitrogens is 3. The number of rotatable bonds is 1. The van der Waals surface area contributed by atoms with E-state index < -0.39 is 11.9 Å². The van der Waals surface area contributed by atoms with Crippen LogP contribution in [-0.2, 0) is 0 Å². The molecule has 5 heteroatoms. The van der Waals surface area contributed by atoms with Crippen molar-refractivity contribution < 1.29 is 8.78 Å². The normalized spacial score (nSPS) is 11.1. The van der Waals surface area contributed by atoms with Gasteiger partial charge in [0.25, 0.3) is 0 Å². The molecule has 90 valence electrons. The first-order valence-electron chi connectivity index (χ1n) is 5.41. The maximum Gasteiger partial charge on any atom is 0.216 e. The van der Waals surface area contributed by atoms with Gasteiger partial charge in [0.05, 0.1) is 11.7 Å². The monoisotopic (exact) mass is 245 g/mol. The van der Waals surface area contributed by atoms with Crippen LogP contribution in [0.3, 0.4) is 0 Å². The lowest BCUT2D eigenvalue weighted by Crippen LogP contribution is -1.92. The molecule has 3 aromatic heterocycles. The number of halogens is 2. The fourth-order valence-electron chi connectivity index (χ4n) is 1.91. The fraction of sp³-hybridized carbons (Fsp3) is 0.0769. The average molecular weight is 245 g/mol. The van der Waals surface area contributed by atoms with E-state index in [1.165, 1.54) is 12.1 Å². The molecule has 0 saturated heterocycles. The summed E-state index contributed by atoms with van der Waals surface area (Å²) >= 11 is 0. The van der Waals surface area contributed by atoms with Gasteiger partial charge in [-0.1, -0.05) is 6.07 Å². The highest BCUT2D eigenvalue weighted by atomic mass is 19.1. The summed E-state index contributed by atoms with van der Waals surface area (Å²) in [6.07, 6.45) is 3.48. The van der Waals surface area contributed by atoms with E-state index in [2.05, 4.69) is 10.1 Å². The Labute approximate surface area is 102 Å². The third-order valence-corrected chi connectivity index (χ3v) is 2.80. The average Bonchev–Trinajstić information content (AvgIpc) is 2.69. The lowest BCUT2D eigenvalue weighted by molar-refractivity contribution is 0.513. The lowest BCUT2D eigenvalue weighted by Gasteiger charge is -2.03. The highest BCUT2D eigenvalue weighted by Crippen LogP contribution is 2.22. The topological polar surface area (TPSA) is 30.2 Å². The molecule has 3 heterocycles. The summed E-state index contributed by atoms with van der Waals surface area (Å²) in [6, 6.07) is 6.06. The molecule has 3 rings (SSSR count). The van der Waals surface area contributed by atoms with E-state index >= 15 is 0 Å². The Balaban J connectivity index is 2.18. The summed E-state index contributed by atoms with van der Waals surface area (Å²) in [6.45, 7) is 1.95. The first-order valence-corrected chi connectivity index (χ1v) is 5.41. The Kier molecular flexibility index (Phi) is 2.33. The molecule has 3 nitrogen and oxygen atoms in total. The van der Waals surface area contributed by atoms with Gasteiger partial charge >= 0.3 is 0 Å². The predicted octanol–water partition coefficient (Wildman–Crippen LogP) is 2.98. The van der Waals surface area contributed by atoms with Crippen LogP contribution >= 0.6 is 0 Å². The summed E-state index contributed by atoms with van der Waals surface area (Å²) < 4.78 is 27.8. The highest BCUT2D eigenvalue weighted by Gasteiger charge is 2.06. The molecular weight excluding hydrogens is 236 g/mol. The molecule has 0 saturated carbocycles. The molecule has 0 amide bonds. The molecule has 3 aromatic rings. The number of nitrogens with zero attached hydrogens (tertiary/aromatic N) is 3. The molecule has 0 radical (unpaired) electrons. The molecule has 0 aliphatic heterocycles. The number of hydrogen-bond acceptors (Lipinski definition) is 2.